The lowest BCUT2D eigenvalue weighted by Gasteiger charge is -2.24. The van der Waals surface area contributed by atoms with E-state index in [1.165, 1.54) is 18.3 Å². The molecule has 1 aromatic heterocycles. The van der Waals surface area contributed by atoms with Gasteiger partial charge in [-0.05, 0) is 55.3 Å². The highest BCUT2D eigenvalue weighted by Gasteiger charge is 2.48. The summed E-state index contributed by atoms with van der Waals surface area (Å²) in [6.45, 7) is 4.30. The average molecular weight is 482 g/mol. The summed E-state index contributed by atoms with van der Waals surface area (Å²) < 4.78 is 16.7. The van der Waals surface area contributed by atoms with Crippen LogP contribution in [0.4, 0.5) is 5.69 Å². The van der Waals surface area contributed by atoms with Crippen molar-refractivity contribution in [1.29, 1.82) is 0 Å². The largest absolute Gasteiger partial charge is 0.507 e. The molecule has 1 amide bonds. The molecule has 1 atom stereocenters. The lowest BCUT2D eigenvalue weighted by molar-refractivity contribution is -0.132. The maximum Gasteiger partial charge on any atom is 0.300 e. The molecule has 1 unspecified atom stereocenters. The number of hydrogen-bond donors (Lipinski definition) is 1. The minimum atomic E-state index is -1.000. The summed E-state index contributed by atoms with van der Waals surface area (Å²) in [5.74, 6) is -0.969. The number of furan rings is 1. The Morgan fingerprint density at radius 3 is 2.65 bits per heavy atom. The maximum absolute atomic E-state index is 13.3. The molecule has 0 bridgehead atoms. The predicted molar refractivity (Wildman–Crippen MR) is 128 cm³/mol. The number of methoxy groups -OCH3 is 1. The van der Waals surface area contributed by atoms with Gasteiger partial charge in [-0.2, -0.15) is 0 Å². The molecular weight excluding hydrogens is 458 g/mol. The summed E-state index contributed by atoms with van der Waals surface area (Å²) in [5.41, 5.74) is 1.27. The van der Waals surface area contributed by atoms with Crippen molar-refractivity contribution in [3.63, 3.8) is 0 Å². The number of aliphatic hydroxyl groups excluding tert-OH is 1. The molecule has 0 radical (unpaired) electrons. The lowest BCUT2D eigenvalue weighted by atomic mass is 9.97. The Bertz CT molecular complexity index is 1260. The Morgan fingerprint density at radius 1 is 1.18 bits per heavy atom. The van der Waals surface area contributed by atoms with Crippen LogP contribution in [-0.4, -0.2) is 30.5 Å². The summed E-state index contributed by atoms with van der Waals surface area (Å²) >= 11 is 6.32. The van der Waals surface area contributed by atoms with E-state index in [0.717, 1.165) is 12.0 Å². The highest BCUT2D eigenvalue weighted by Crippen LogP contribution is 2.45. The van der Waals surface area contributed by atoms with Crippen LogP contribution in [0.1, 0.15) is 36.3 Å². The zero-order valence-electron chi connectivity index (χ0n) is 19.0. The fourth-order valence-electron chi connectivity index (χ4n) is 4.02. The summed E-state index contributed by atoms with van der Waals surface area (Å²) in [5, 5.41) is 11.6. The number of carbonyl (C=O) groups is 2. The normalized spacial score (nSPS) is 17.3. The zero-order chi connectivity index (χ0) is 24.4. The van der Waals surface area contributed by atoms with Crippen molar-refractivity contribution in [2.45, 2.75) is 26.3 Å². The van der Waals surface area contributed by atoms with Crippen LogP contribution in [0.25, 0.3) is 5.76 Å². The average Bonchev–Trinajstić information content (AvgIpc) is 3.44. The first kappa shape index (κ1) is 23.4. The topological polar surface area (TPSA) is 89.2 Å². The number of carbonyl (C=O) groups excluding carboxylic acids is 2. The number of anilines is 1. The molecule has 176 valence electrons. The van der Waals surface area contributed by atoms with E-state index in [2.05, 4.69) is 0 Å². The molecule has 1 saturated heterocycles. The molecule has 4 rings (SSSR count). The first-order valence-corrected chi connectivity index (χ1v) is 11.2. The molecular formula is C26H24ClNO6. The predicted octanol–water partition coefficient (Wildman–Crippen LogP) is 5.67. The number of hydrogen-bond acceptors (Lipinski definition) is 6. The van der Waals surface area contributed by atoms with Crippen molar-refractivity contribution < 1.29 is 28.6 Å². The van der Waals surface area contributed by atoms with Crippen LogP contribution in [0.5, 0.6) is 11.5 Å². The third kappa shape index (κ3) is 4.15. The number of ketones is 1. The molecule has 1 aliphatic rings. The van der Waals surface area contributed by atoms with Gasteiger partial charge >= 0.3 is 0 Å². The van der Waals surface area contributed by atoms with Gasteiger partial charge in [0.15, 0.2) is 0 Å². The van der Waals surface area contributed by atoms with Crippen molar-refractivity contribution in [1.82, 2.24) is 0 Å². The lowest BCUT2D eigenvalue weighted by Crippen LogP contribution is -2.29. The SMILES string of the molecule is CCCOc1cccc(N2C(=O)C(=O)/C(=C(\O)c3cc(C)cc(Cl)c3OC)C2c2ccco2)c1. The van der Waals surface area contributed by atoms with Crippen molar-refractivity contribution in [3.05, 3.63) is 82.3 Å². The van der Waals surface area contributed by atoms with Crippen LogP contribution < -0.4 is 14.4 Å². The van der Waals surface area contributed by atoms with Gasteiger partial charge in [-0.3, -0.25) is 14.5 Å². The van der Waals surface area contributed by atoms with Gasteiger partial charge in [-0.1, -0.05) is 24.6 Å². The number of halogens is 1. The Labute approximate surface area is 202 Å². The van der Waals surface area contributed by atoms with Gasteiger partial charge in [-0.25, -0.2) is 0 Å². The van der Waals surface area contributed by atoms with E-state index in [9.17, 15) is 14.7 Å². The fourth-order valence-corrected chi connectivity index (χ4v) is 4.37. The highest BCUT2D eigenvalue weighted by atomic mass is 35.5. The Hall–Kier alpha value is -3.71. The molecule has 2 aromatic carbocycles. The number of ether oxygens (including phenoxy) is 2. The smallest absolute Gasteiger partial charge is 0.300 e. The highest BCUT2D eigenvalue weighted by molar-refractivity contribution is 6.51. The summed E-state index contributed by atoms with van der Waals surface area (Å²) in [4.78, 5) is 27.8. The van der Waals surface area contributed by atoms with E-state index in [1.807, 2.05) is 6.92 Å². The van der Waals surface area contributed by atoms with Crippen LogP contribution in [0.3, 0.4) is 0 Å². The number of benzene rings is 2. The summed E-state index contributed by atoms with van der Waals surface area (Å²) in [7, 11) is 1.41. The van der Waals surface area contributed by atoms with E-state index in [1.54, 1.807) is 55.5 Å². The van der Waals surface area contributed by atoms with E-state index in [-0.39, 0.29) is 21.9 Å². The van der Waals surface area contributed by atoms with Gasteiger partial charge in [0.25, 0.3) is 11.7 Å². The number of Topliss-reactive ketones (excluding diaryl/α,β-unsaturated/α-hetero) is 1. The van der Waals surface area contributed by atoms with E-state index >= 15 is 0 Å². The Balaban J connectivity index is 1.92. The molecule has 3 aromatic rings. The van der Waals surface area contributed by atoms with Gasteiger partial charge in [0.1, 0.15) is 29.1 Å². The van der Waals surface area contributed by atoms with Gasteiger partial charge in [0.05, 0.1) is 36.1 Å². The third-order valence-corrected chi connectivity index (χ3v) is 5.75. The monoisotopic (exact) mass is 481 g/mol. The summed E-state index contributed by atoms with van der Waals surface area (Å²) in [6.07, 6.45) is 2.27. The third-order valence-electron chi connectivity index (χ3n) is 5.47. The van der Waals surface area contributed by atoms with E-state index in [4.69, 9.17) is 25.5 Å². The second kappa shape index (κ2) is 9.65. The van der Waals surface area contributed by atoms with Crippen molar-refractivity contribution in [3.8, 4) is 11.5 Å². The molecule has 0 saturated carbocycles. The number of aliphatic hydroxyl groups is 1. The van der Waals surface area contributed by atoms with Crippen molar-refractivity contribution in [2.24, 2.45) is 0 Å². The summed E-state index contributed by atoms with van der Waals surface area (Å²) in [6, 6.07) is 12.5. The van der Waals surface area contributed by atoms with E-state index in [0.29, 0.717) is 23.8 Å². The second-order valence-corrected chi connectivity index (χ2v) is 8.27. The second-order valence-electron chi connectivity index (χ2n) is 7.86. The fraction of sp³-hybridized carbons (Fsp3) is 0.231. The first-order valence-electron chi connectivity index (χ1n) is 10.8. The molecule has 8 heteroatoms. The van der Waals surface area contributed by atoms with Gasteiger partial charge in [-0.15, -0.1) is 0 Å². The minimum Gasteiger partial charge on any atom is -0.507 e. The van der Waals surface area contributed by atoms with Gasteiger partial charge in [0, 0.05) is 11.8 Å². The van der Waals surface area contributed by atoms with Gasteiger partial charge in [0.2, 0.25) is 0 Å². The molecule has 34 heavy (non-hydrogen) atoms. The minimum absolute atomic E-state index is 0.125. The molecule has 1 N–H and O–H groups in total. The van der Waals surface area contributed by atoms with Crippen molar-refractivity contribution >= 4 is 34.7 Å². The molecule has 0 aliphatic carbocycles. The molecule has 0 spiro atoms. The number of aryl methyl sites for hydroxylation is 1. The Morgan fingerprint density at radius 2 is 1.97 bits per heavy atom. The van der Waals surface area contributed by atoms with Crippen LogP contribution in [0.15, 0.2) is 64.8 Å². The Kier molecular flexibility index (Phi) is 6.65. The van der Waals surface area contributed by atoms with Crippen LogP contribution in [0.2, 0.25) is 5.02 Å². The first-order chi connectivity index (χ1) is 16.4. The molecule has 2 heterocycles. The molecule has 7 nitrogen and oxygen atoms in total. The number of nitrogens with zero attached hydrogens (tertiary/aromatic N) is 1. The standard InChI is InChI=1S/C26H24ClNO6/c1-4-10-33-17-8-5-7-16(14-17)28-22(20-9-6-11-34-20)21(24(30)26(28)31)23(29)18-12-15(2)13-19(27)25(18)32-3/h5-9,11-14,22,29H,4,10H2,1-3H3/b23-21-. The van der Waals surface area contributed by atoms with Crippen LogP contribution in [-0.2, 0) is 9.59 Å². The van der Waals surface area contributed by atoms with Gasteiger partial charge < -0.3 is 19.0 Å². The number of rotatable bonds is 7. The molecule has 1 fully saturated rings. The van der Waals surface area contributed by atoms with Crippen molar-refractivity contribution in [2.75, 3.05) is 18.6 Å². The van der Waals surface area contributed by atoms with Crippen LogP contribution >= 0.6 is 11.6 Å². The zero-order valence-corrected chi connectivity index (χ0v) is 19.8. The van der Waals surface area contributed by atoms with E-state index < -0.39 is 23.5 Å². The quantitative estimate of drug-likeness (QED) is 0.266. The molecule has 1 aliphatic heterocycles. The van der Waals surface area contributed by atoms with Crippen LogP contribution in [0, 0.1) is 6.92 Å². The number of amides is 1. The maximum atomic E-state index is 13.3.